The van der Waals surface area contributed by atoms with E-state index in [9.17, 15) is 14.2 Å². The molecule has 2 aromatic carbocycles. The molecule has 2 aromatic rings. The van der Waals surface area contributed by atoms with Gasteiger partial charge in [-0.25, -0.2) is 4.79 Å². The maximum absolute atomic E-state index is 13.7. The van der Waals surface area contributed by atoms with E-state index in [1.54, 1.807) is 79.7 Å². The van der Waals surface area contributed by atoms with Crippen LogP contribution in [0.3, 0.4) is 0 Å². The van der Waals surface area contributed by atoms with Crippen molar-refractivity contribution in [1.82, 2.24) is 0 Å². The lowest BCUT2D eigenvalue weighted by atomic mass is 10.2. The van der Waals surface area contributed by atoms with Crippen LogP contribution < -0.4 is 10.6 Å². The van der Waals surface area contributed by atoms with E-state index in [1.165, 1.54) is 13.2 Å². The Morgan fingerprint density at radius 3 is 1.93 bits per heavy atom. The van der Waals surface area contributed by atoms with Gasteiger partial charge in [0.2, 0.25) is 0 Å². The smallest absolute Gasteiger partial charge is 0.334 e. The molecule has 0 saturated heterocycles. The molecule has 0 aliphatic rings. The summed E-state index contributed by atoms with van der Waals surface area (Å²) in [5.74, 6) is -1.41. The zero-order chi connectivity index (χ0) is 19.7. The van der Waals surface area contributed by atoms with Gasteiger partial charge >= 0.3 is 19.3 Å². The van der Waals surface area contributed by atoms with E-state index in [0.717, 1.165) is 0 Å². The minimum atomic E-state index is -3.65. The van der Waals surface area contributed by atoms with Gasteiger partial charge in [0.1, 0.15) is 0 Å². The second-order valence-corrected chi connectivity index (χ2v) is 7.89. The third-order valence-corrected chi connectivity index (χ3v) is 6.11. The third-order valence-electron chi connectivity index (χ3n) is 3.69. The minimum Gasteiger partial charge on any atom is -0.466 e. The highest BCUT2D eigenvalue weighted by atomic mass is 31.2. The van der Waals surface area contributed by atoms with Crippen molar-refractivity contribution >= 4 is 29.9 Å². The molecule has 2 rings (SSSR count). The predicted molar refractivity (Wildman–Crippen MR) is 105 cm³/mol. The largest absolute Gasteiger partial charge is 0.466 e. The number of allylic oxidation sites excluding steroid dienone is 3. The van der Waals surface area contributed by atoms with E-state index < -0.39 is 19.3 Å². The van der Waals surface area contributed by atoms with Gasteiger partial charge in [-0.2, -0.15) is 0 Å². The molecule has 0 aromatic heterocycles. The summed E-state index contributed by atoms with van der Waals surface area (Å²) in [6.07, 6.45) is 4.46. The van der Waals surface area contributed by atoms with Crippen LogP contribution in [-0.4, -0.2) is 19.0 Å². The Morgan fingerprint density at radius 1 is 0.963 bits per heavy atom. The zero-order valence-electron chi connectivity index (χ0n) is 15.2. The fourth-order valence-corrected chi connectivity index (χ4v) is 4.37. The molecule has 0 heterocycles. The fourth-order valence-electron chi connectivity index (χ4n) is 2.38. The van der Waals surface area contributed by atoms with Gasteiger partial charge in [-0.15, -0.1) is 0 Å². The lowest BCUT2D eigenvalue weighted by Crippen LogP contribution is -2.21. The number of rotatable bonds is 7. The molecule has 0 unspecified atom stereocenters. The average Bonchev–Trinajstić information content (AvgIpc) is 2.71. The number of methoxy groups -OCH3 is 1. The fraction of sp³-hybridized carbons (Fsp3) is 0.143. The molecule has 0 fully saturated rings. The molecule has 140 valence electrons. The van der Waals surface area contributed by atoms with Crippen LogP contribution in [-0.2, 0) is 23.4 Å². The first-order chi connectivity index (χ1) is 13.0. The van der Waals surface area contributed by atoms with Crippen LogP contribution >= 0.6 is 7.37 Å². The quantitative estimate of drug-likeness (QED) is 0.316. The third kappa shape index (κ3) is 5.28. The second kappa shape index (κ2) is 9.70. The minimum absolute atomic E-state index is 0.119. The average molecular weight is 384 g/mol. The highest BCUT2D eigenvalue weighted by Crippen LogP contribution is 2.45. The first-order valence-electron chi connectivity index (χ1n) is 8.35. The number of benzene rings is 2. The van der Waals surface area contributed by atoms with E-state index in [2.05, 4.69) is 0 Å². The maximum Gasteiger partial charge on any atom is 0.334 e. The molecule has 0 radical (unpaired) electrons. The molecular weight excluding hydrogens is 363 g/mol. The second-order valence-electron chi connectivity index (χ2n) is 5.57. The van der Waals surface area contributed by atoms with E-state index in [1.807, 2.05) is 0 Å². The molecule has 0 N–H and O–H groups in total. The predicted octanol–water partition coefficient (Wildman–Crippen LogP) is 3.52. The summed E-state index contributed by atoms with van der Waals surface area (Å²) >= 11 is 0. The Morgan fingerprint density at radius 2 is 1.48 bits per heavy atom. The van der Waals surface area contributed by atoms with Gasteiger partial charge in [-0.3, -0.25) is 9.36 Å². The molecule has 0 atom stereocenters. The van der Waals surface area contributed by atoms with Crippen LogP contribution in [0.1, 0.15) is 13.3 Å². The summed E-state index contributed by atoms with van der Waals surface area (Å²) < 4.78 is 23.8. The summed E-state index contributed by atoms with van der Waals surface area (Å²) in [6.45, 7) is 1.78. The van der Waals surface area contributed by atoms with E-state index >= 15 is 0 Å². The van der Waals surface area contributed by atoms with Crippen LogP contribution in [0.15, 0.2) is 84.5 Å². The number of ether oxygens (including phenoxy) is 1. The Hall–Kier alpha value is -2.91. The van der Waals surface area contributed by atoms with Crippen molar-refractivity contribution in [2.24, 2.45) is 0 Å². The molecule has 0 spiro atoms. The van der Waals surface area contributed by atoms with Gasteiger partial charge in [0, 0.05) is 5.57 Å². The van der Waals surface area contributed by atoms with E-state index in [4.69, 9.17) is 9.26 Å². The van der Waals surface area contributed by atoms with Crippen molar-refractivity contribution < 1.29 is 23.4 Å². The molecule has 0 amide bonds. The van der Waals surface area contributed by atoms with Gasteiger partial charge < -0.3 is 9.26 Å². The molecule has 0 aliphatic heterocycles. The molecule has 0 saturated carbocycles. The molecule has 0 aliphatic carbocycles. The lowest BCUT2D eigenvalue weighted by Gasteiger charge is -2.19. The highest BCUT2D eigenvalue weighted by Gasteiger charge is 2.32. The molecular formula is C21H21O5P. The summed E-state index contributed by atoms with van der Waals surface area (Å²) in [6, 6.07) is 17.1. The first-order valence-corrected chi connectivity index (χ1v) is 9.97. The van der Waals surface area contributed by atoms with Crippen molar-refractivity contribution in [2.75, 3.05) is 7.11 Å². The Balaban J connectivity index is 2.35. The lowest BCUT2D eigenvalue weighted by molar-refractivity contribution is -0.139. The van der Waals surface area contributed by atoms with E-state index in [0.29, 0.717) is 10.6 Å². The van der Waals surface area contributed by atoms with Gasteiger partial charge in [-0.05, 0) is 31.2 Å². The van der Waals surface area contributed by atoms with Gasteiger partial charge in [0.05, 0.1) is 24.1 Å². The topological polar surface area (TPSA) is 69.7 Å². The van der Waals surface area contributed by atoms with Crippen molar-refractivity contribution in [2.45, 2.75) is 13.3 Å². The summed E-state index contributed by atoms with van der Waals surface area (Å²) in [5.41, 5.74) is 0.119. The monoisotopic (exact) mass is 384 g/mol. The Labute approximate surface area is 158 Å². The van der Waals surface area contributed by atoms with Crippen LogP contribution in [0.2, 0.25) is 0 Å². The molecule has 27 heavy (non-hydrogen) atoms. The Bertz CT molecular complexity index is 842. The Kier molecular flexibility index (Phi) is 7.33. The van der Waals surface area contributed by atoms with Crippen LogP contribution in [0.5, 0.6) is 0 Å². The number of hydrogen-bond donors (Lipinski definition) is 0. The molecule has 6 heteroatoms. The number of hydrogen-bond acceptors (Lipinski definition) is 5. The van der Waals surface area contributed by atoms with Crippen molar-refractivity contribution in [3.05, 3.63) is 84.5 Å². The molecule has 0 bridgehead atoms. The SMILES string of the molecule is C/C=C/C=C(\CC(=O)OP(=O)(c1ccccc1)c1ccccc1)C(=O)OC. The number of carbonyl (C=O) groups excluding carboxylic acids is 2. The van der Waals surface area contributed by atoms with Crippen LogP contribution in [0.4, 0.5) is 0 Å². The maximum atomic E-state index is 13.7. The van der Waals surface area contributed by atoms with Crippen molar-refractivity contribution in [3.63, 3.8) is 0 Å². The van der Waals surface area contributed by atoms with Crippen LogP contribution in [0.25, 0.3) is 0 Å². The normalized spacial score (nSPS) is 12.0. The van der Waals surface area contributed by atoms with E-state index in [-0.39, 0.29) is 12.0 Å². The first kappa shape index (κ1) is 20.4. The molecule has 5 nitrogen and oxygen atoms in total. The summed E-state index contributed by atoms with van der Waals surface area (Å²) in [7, 11) is -2.42. The van der Waals surface area contributed by atoms with Gasteiger partial charge in [0.15, 0.2) is 0 Å². The summed E-state index contributed by atoms with van der Waals surface area (Å²) in [5, 5.41) is 0.809. The van der Waals surface area contributed by atoms with Crippen LogP contribution in [0, 0.1) is 0 Å². The van der Waals surface area contributed by atoms with Crippen molar-refractivity contribution in [3.8, 4) is 0 Å². The highest BCUT2D eigenvalue weighted by molar-refractivity contribution is 7.74. The number of esters is 1. The van der Waals surface area contributed by atoms with Crippen molar-refractivity contribution in [1.29, 1.82) is 0 Å². The van der Waals surface area contributed by atoms with Gasteiger partial charge in [-0.1, -0.05) is 54.6 Å². The summed E-state index contributed by atoms with van der Waals surface area (Å²) in [4.78, 5) is 24.4. The standard InChI is InChI=1S/C21H21O5P/c1-3-4-11-17(21(23)25-2)16-20(22)26-27(24,18-12-7-5-8-13-18)19-14-9-6-10-15-19/h3-15H,16H2,1-2H3/b4-3+,17-11+. The number of carbonyl (C=O) groups is 2. The zero-order valence-corrected chi connectivity index (χ0v) is 16.1. The van der Waals surface area contributed by atoms with Gasteiger partial charge in [0.25, 0.3) is 0 Å².